The summed E-state index contributed by atoms with van der Waals surface area (Å²) in [6.07, 6.45) is 3.01. The number of ether oxygens (including phenoxy) is 1. The summed E-state index contributed by atoms with van der Waals surface area (Å²) in [5.74, 6) is -1.99. The molecular weight excluding hydrogens is 300 g/mol. The lowest BCUT2D eigenvalue weighted by molar-refractivity contribution is -0.769. The Bertz CT molecular complexity index is 633. The number of carboxylic acids is 1. The molecule has 124 valence electrons. The van der Waals surface area contributed by atoms with Gasteiger partial charge in [0.25, 0.3) is 0 Å². The molecule has 0 radical (unpaired) electrons. The molecule has 0 aromatic carbocycles. The summed E-state index contributed by atoms with van der Waals surface area (Å²) in [5.41, 5.74) is 1.06. The third kappa shape index (κ3) is 3.08. The van der Waals surface area contributed by atoms with Crippen molar-refractivity contribution in [1.29, 1.82) is 0 Å². The SMILES string of the molecule is CN1CCC[C@H]1c1ccc[n+]([C@@H]2OC(C(=O)[O-])=C[C@H](O)[C@H]2O)c1. The van der Waals surface area contributed by atoms with Gasteiger partial charge in [0, 0.05) is 17.7 Å². The van der Waals surface area contributed by atoms with Crippen LogP contribution in [0.15, 0.2) is 36.4 Å². The van der Waals surface area contributed by atoms with Gasteiger partial charge >= 0.3 is 6.23 Å². The fourth-order valence-corrected chi connectivity index (χ4v) is 3.21. The number of nitrogens with zero attached hydrogens (tertiary/aromatic N) is 2. The van der Waals surface area contributed by atoms with E-state index in [1.165, 1.54) is 0 Å². The minimum Gasteiger partial charge on any atom is -0.542 e. The van der Waals surface area contributed by atoms with Crippen molar-refractivity contribution >= 4 is 5.97 Å². The smallest absolute Gasteiger partial charge is 0.331 e. The molecule has 0 spiro atoms. The third-order valence-electron chi connectivity index (χ3n) is 4.46. The third-order valence-corrected chi connectivity index (χ3v) is 4.46. The highest BCUT2D eigenvalue weighted by Gasteiger charge is 2.40. The van der Waals surface area contributed by atoms with E-state index >= 15 is 0 Å². The Kier molecular flexibility index (Phi) is 4.34. The van der Waals surface area contributed by atoms with Crippen LogP contribution >= 0.6 is 0 Å². The molecule has 0 saturated carbocycles. The standard InChI is InChI=1S/C16H20N2O5/c1-17-6-3-5-11(17)10-4-2-7-18(9-10)15-14(20)12(19)8-13(23-15)16(21)22/h2,4,7-9,11-12,14-15,19-20H,3,5-6H2,1H3/t11-,12-,14+,15+/m0/s1. The minimum absolute atomic E-state index is 0.282. The molecule has 0 unspecified atom stereocenters. The second-order valence-electron chi connectivity index (χ2n) is 6.03. The lowest BCUT2D eigenvalue weighted by atomic mass is 10.1. The molecule has 2 aliphatic heterocycles. The van der Waals surface area contributed by atoms with Crippen molar-refractivity contribution in [2.75, 3.05) is 13.6 Å². The molecule has 0 bridgehead atoms. The number of carbonyl (C=O) groups is 1. The van der Waals surface area contributed by atoms with E-state index in [2.05, 4.69) is 11.9 Å². The molecule has 1 aromatic rings. The fraction of sp³-hybridized carbons (Fsp3) is 0.500. The molecule has 7 nitrogen and oxygen atoms in total. The first-order valence-corrected chi connectivity index (χ1v) is 7.64. The summed E-state index contributed by atoms with van der Waals surface area (Å²) in [6, 6.07) is 4.09. The molecule has 1 saturated heterocycles. The minimum atomic E-state index is -1.52. The number of aliphatic hydroxyl groups excluding tert-OH is 2. The lowest BCUT2D eigenvalue weighted by Crippen LogP contribution is -2.53. The number of pyridine rings is 1. The Morgan fingerprint density at radius 1 is 1.48 bits per heavy atom. The Balaban J connectivity index is 1.89. The van der Waals surface area contributed by atoms with Gasteiger partial charge in [-0.2, -0.15) is 4.57 Å². The maximum absolute atomic E-state index is 11.0. The van der Waals surface area contributed by atoms with Crippen LogP contribution in [0.1, 0.15) is 30.7 Å². The maximum Gasteiger partial charge on any atom is 0.331 e. The molecular formula is C16H20N2O5. The monoisotopic (exact) mass is 320 g/mol. The number of rotatable bonds is 3. The van der Waals surface area contributed by atoms with Crippen LogP contribution in [0.4, 0.5) is 0 Å². The van der Waals surface area contributed by atoms with Crippen LogP contribution in [-0.4, -0.2) is 46.9 Å². The summed E-state index contributed by atoms with van der Waals surface area (Å²) >= 11 is 0. The van der Waals surface area contributed by atoms with Gasteiger partial charge in [0.1, 0.15) is 17.8 Å². The molecule has 23 heavy (non-hydrogen) atoms. The van der Waals surface area contributed by atoms with Gasteiger partial charge in [-0.15, -0.1) is 0 Å². The van der Waals surface area contributed by atoms with Crippen LogP contribution in [0.3, 0.4) is 0 Å². The second kappa shape index (κ2) is 6.27. The van der Waals surface area contributed by atoms with Crippen LogP contribution in [0.25, 0.3) is 0 Å². The van der Waals surface area contributed by atoms with Crippen LogP contribution in [0.2, 0.25) is 0 Å². The van der Waals surface area contributed by atoms with Gasteiger partial charge in [-0.25, -0.2) is 0 Å². The number of aliphatic hydroxyl groups is 2. The first kappa shape index (κ1) is 15.9. The van der Waals surface area contributed by atoms with E-state index in [4.69, 9.17) is 4.74 Å². The number of aliphatic carboxylic acids is 1. The van der Waals surface area contributed by atoms with Gasteiger partial charge in [0.2, 0.25) is 0 Å². The average Bonchev–Trinajstić information content (AvgIpc) is 2.96. The van der Waals surface area contributed by atoms with E-state index in [0.717, 1.165) is 31.0 Å². The Hall–Kier alpha value is -1.96. The number of carboxylic acid groups (broad SMARTS) is 1. The maximum atomic E-state index is 11.0. The van der Waals surface area contributed by atoms with Crippen molar-refractivity contribution in [2.24, 2.45) is 0 Å². The van der Waals surface area contributed by atoms with Gasteiger partial charge in [-0.05, 0) is 38.6 Å². The summed E-state index contributed by atoms with van der Waals surface area (Å²) in [6.45, 7) is 1.03. The van der Waals surface area contributed by atoms with E-state index in [1.54, 1.807) is 10.8 Å². The molecule has 3 rings (SSSR count). The van der Waals surface area contributed by atoms with Crippen molar-refractivity contribution in [2.45, 2.75) is 37.3 Å². The number of hydrogen-bond donors (Lipinski definition) is 2. The summed E-state index contributed by atoms with van der Waals surface area (Å²) in [7, 11) is 2.06. The summed E-state index contributed by atoms with van der Waals surface area (Å²) in [5, 5.41) is 31.0. The molecule has 7 heteroatoms. The molecule has 3 heterocycles. The number of likely N-dealkylation sites (tertiary alicyclic amines) is 1. The molecule has 0 amide bonds. The topological polar surface area (TPSA) is 96.9 Å². The van der Waals surface area contributed by atoms with Gasteiger partial charge < -0.3 is 24.9 Å². The normalized spacial score (nSPS) is 31.5. The van der Waals surface area contributed by atoms with E-state index in [0.29, 0.717) is 0 Å². The van der Waals surface area contributed by atoms with Crippen LogP contribution in [0, 0.1) is 0 Å². The van der Waals surface area contributed by atoms with Crippen LogP contribution < -0.4 is 9.67 Å². The van der Waals surface area contributed by atoms with Gasteiger partial charge in [0.15, 0.2) is 18.5 Å². The lowest BCUT2D eigenvalue weighted by Gasteiger charge is -2.28. The predicted octanol–water partition coefficient (Wildman–Crippen LogP) is -1.37. The van der Waals surface area contributed by atoms with Gasteiger partial charge in [0.05, 0.1) is 0 Å². The summed E-state index contributed by atoms with van der Waals surface area (Å²) in [4.78, 5) is 13.2. The zero-order valence-electron chi connectivity index (χ0n) is 12.8. The van der Waals surface area contributed by atoms with E-state index in [1.807, 2.05) is 18.3 Å². The van der Waals surface area contributed by atoms with Crippen molar-refractivity contribution < 1.29 is 29.4 Å². The largest absolute Gasteiger partial charge is 0.542 e. The molecule has 0 aliphatic carbocycles. The highest BCUT2D eigenvalue weighted by molar-refractivity contribution is 5.82. The zero-order valence-corrected chi connectivity index (χ0v) is 12.8. The van der Waals surface area contributed by atoms with Crippen molar-refractivity contribution in [3.63, 3.8) is 0 Å². The van der Waals surface area contributed by atoms with Crippen molar-refractivity contribution in [3.05, 3.63) is 41.9 Å². The number of aromatic nitrogens is 1. The van der Waals surface area contributed by atoms with E-state index in [-0.39, 0.29) is 6.04 Å². The van der Waals surface area contributed by atoms with Crippen molar-refractivity contribution in [1.82, 2.24) is 4.90 Å². The average molecular weight is 320 g/mol. The Morgan fingerprint density at radius 3 is 2.91 bits per heavy atom. The molecule has 1 fully saturated rings. The Morgan fingerprint density at radius 2 is 2.26 bits per heavy atom. The van der Waals surface area contributed by atoms with Gasteiger partial charge in [-0.1, -0.05) is 0 Å². The summed E-state index contributed by atoms with van der Waals surface area (Å²) < 4.78 is 6.89. The fourth-order valence-electron chi connectivity index (χ4n) is 3.21. The van der Waals surface area contributed by atoms with E-state index < -0.39 is 30.2 Å². The van der Waals surface area contributed by atoms with Crippen LogP contribution in [0.5, 0.6) is 0 Å². The second-order valence-corrected chi connectivity index (χ2v) is 6.03. The quantitative estimate of drug-likeness (QED) is 0.667. The molecule has 1 aromatic heterocycles. The predicted molar refractivity (Wildman–Crippen MR) is 76.5 cm³/mol. The number of hydrogen-bond acceptors (Lipinski definition) is 6. The van der Waals surface area contributed by atoms with Gasteiger partial charge in [-0.3, -0.25) is 4.90 Å². The van der Waals surface area contributed by atoms with Crippen molar-refractivity contribution in [3.8, 4) is 0 Å². The van der Waals surface area contributed by atoms with Crippen LogP contribution in [-0.2, 0) is 9.53 Å². The highest BCUT2D eigenvalue weighted by Crippen LogP contribution is 2.30. The zero-order chi connectivity index (χ0) is 16.6. The van der Waals surface area contributed by atoms with E-state index in [9.17, 15) is 20.1 Å². The highest BCUT2D eigenvalue weighted by atomic mass is 16.5. The molecule has 4 atom stereocenters. The first-order chi connectivity index (χ1) is 11.0. The molecule has 2 aliphatic rings. The molecule has 2 N–H and O–H groups in total. The number of carbonyl (C=O) groups excluding carboxylic acids is 1. The Labute approximate surface area is 134 Å². The first-order valence-electron chi connectivity index (χ1n) is 7.64.